The van der Waals surface area contributed by atoms with Gasteiger partial charge >= 0.3 is 0 Å². The SMILES string of the molecule is CCn1ncc(CN2CC[C@H]3C(=O)NCCCCCCN(Cc4ccncc4)[C@@H]3C2)c1C. The van der Waals surface area contributed by atoms with Crippen LogP contribution in [0.4, 0.5) is 0 Å². The van der Waals surface area contributed by atoms with Crippen LogP contribution in [0.3, 0.4) is 0 Å². The van der Waals surface area contributed by atoms with Crippen LogP contribution in [0.15, 0.2) is 30.7 Å². The minimum absolute atomic E-state index is 0.0469. The molecule has 2 aliphatic rings. The van der Waals surface area contributed by atoms with Gasteiger partial charge in [0.25, 0.3) is 0 Å². The molecule has 7 heteroatoms. The van der Waals surface area contributed by atoms with E-state index in [0.717, 1.165) is 58.7 Å². The van der Waals surface area contributed by atoms with Crippen molar-refractivity contribution in [2.75, 3.05) is 26.2 Å². The molecule has 2 aliphatic heterocycles. The molecule has 0 spiro atoms. The number of nitrogens with one attached hydrogen (secondary N) is 1. The van der Waals surface area contributed by atoms with Crippen molar-refractivity contribution in [3.8, 4) is 0 Å². The molecule has 0 unspecified atom stereocenters. The van der Waals surface area contributed by atoms with Gasteiger partial charge in [-0.3, -0.25) is 24.3 Å². The molecule has 4 rings (SSSR count). The Labute approximate surface area is 192 Å². The average molecular weight is 439 g/mol. The Morgan fingerprint density at radius 1 is 1.09 bits per heavy atom. The number of carbonyl (C=O) groups excluding carboxylic acids is 1. The molecule has 4 heterocycles. The highest BCUT2D eigenvalue weighted by Gasteiger charge is 2.37. The Kier molecular flexibility index (Phi) is 7.92. The maximum absolute atomic E-state index is 13.2. The lowest BCUT2D eigenvalue weighted by atomic mass is 9.88. The van der Waals surface area contributed by atoms with Gasteiger partial charge in [0.15, 0.2) is 0 Å². The molecule has 0 bridgehead atoms. The summed E-state index contributed by atoms with van der Waals surface area (Å²) in [6.45, 7) is 10.7. The molecular weight excluding hydrogens is 400 g/mol. The lowest BCUT2D eigenvalue weighted by molar-refractivity contribution is -0.129. The maximum Gasteiger partial charge on any atom is 0.224 e. The molecule has 1 amide bonds. The van der Waals surface area contributed by atoms with Crippen molar-refractivity contribution in [3.63, 3.8) is 0 Å². The predicted molar refractivity (Wildman–Crippen MR) is 126 cm³/mol. The Morgan fingerprint density at radius 3 is 2.69 bits per heavy atom. The summed E-state index contributed by atoms with van der Waals surface area (Å²) in [6.07, 6.45) is 11.3. The molecule has 2 aromatic rings. The molecule has 2 fully saturated rings. The molecule has 0 radical (unpaired) electrons. The van der Waals surface area contributed by atoms with E-state index in [1.54, 1.807) is 0 Å². The molecule has 32 heavy (non-hydrogen) atoms. The lowest BCUT2D eigenvalue weighted by Gasteiger charge is -2.43. The van der Waals surface area contributed by atoms with Crippen molar-refractivity contribution in [1.29, 1.82) is 0 Å². The van der Waals surface area contributed by atoms with Crippen molar-refractivity contribution < 1.29 is 4.79 Å². The van der Waals surface area contributed by atoms with Crippen LogP contribution >= 0.6 is 0 Å². The summed E-state index contributed by atoms with van der Waals surface area (Å²) < 4.78 is 2.07. The van der Waals surface area contributed by atoms with Gasteiger partial charge in [-0.15, -0.1) is 0 Å². The average Bonchev–Trinajstić information content (AvgIpc) is 3.15. The standard InChI is InChI=1S/C25H38N6O/c1-3-31-20(2)22(16-28-31)18-29-15-10-23-24(19-29)30(17-21-8-12-26-13-9-21)14-7-5-4-6-11-27-25(23)32/h8-9,12-13,16,23-24H,3-7,10-11,14-15,17-19H2,1-2H3,(H,27,32)/t23-,24-/m1/s1. The van der Waals surface area contributed by atoms with E-state index in [2.05, 4.69) is 55.9 Å². The van der Waals surface area contributed by atoms with Gasteiger partial charge in [-0.05, 0) is 63.9 Å². The van der Waals surface area contributed by atoms with Crippen LogP contribution in [-0.2, 0) is 24.4 Å². The summed E-state index contributed by atoms with van der Waals surface area (Å²) in [4.78, 5) is 22.4. The Balaban J connectivity index is 1.55. The van der Waals surface area contributed by atoms with Gasteiger partial charge in [0, 0.05) is 62.4 Å². The van der Waals surface area contributed by atoms with E-state index in [-0.39, 0.29) is 17.9 Å². The fourth-order valence-electron chi connectivity index (χ4n) is 5.24. The van der Waals surface area contributed by atoms with Crippen LogP contribution in [-0.4, -0.2) is 62.7 Å². The van der Waals surface area contributed by atoms with Crippen molar-refractivity contribution in [2.45, 2.75) is 71.6 Å². The third-order valence-electron chi connectivity index (χ3n) is 7.18. The van der Waals surface area contributed by atoms with Crippen molar-refractivity contribution in [1.82, 2.24) is 29.9 Å². The number of hydrogen-bond acceptors (Lipinski definition) is 5. The van der Waals surface area contributed by atoms with E-state index >= 15 is 0 Å². The van der Waals surface area contributed by atoms with Gasteiger partial charge in [-0.1, -0.05) is 12.8 Å². The van der Waals surface area contributed by atoms with E-state index in [0.29, 0.717) is 0 Å². The van der Waals surface area contributed by atoms with Gasteiger partial charge in [0.1, 0.15) is 0 Å². The first-order chi connectivity index (χ1) is 15.7. The highest BCUT2D eigenvalue weighted by Crippen LogP contribution is 2.27. The number of amides is 1. The molecule has 0 saturated carbocycles. The van der Waals surface area contributed by atoms with Crippen LogP contribution in [0.25, 0.3) is 0 Å². The van der Waals surface area contributed by atoms with E-state index in [1.807, 2.05) is 18.6 Å². The number of likely N-dealkylation sites (tertiary alicyclic amines) is 1. The van der Waals surface area contributed by atoms with Crippen molar-refractivity contribution >= 4 is 5.91 Å². The third kappa shape index (κ3) is 5.56. The third-order valence-corrected chi connectivity index (χ3v) is 7.18. The Bertz CT molecular complexity index is 867. The highest BCUT2D eigenvalue weighted by atomic mass is 16.1. The first-order valence-electron chi connectivity index (χ1n) is 12.3. The Morgan fingerprint density at radius 2 is 1.91 bits per heavy atom. The van der Waals surface area contributed by atoms with Gasteiger partial charge in [0.2, 0.25) is 5.91 Å². The molecule has 2 atom stereocenters. The summed E-state index contributed by atoms with van der Waals surface area (Å²) in [5, 5.41) is 7.78. The summed E-state index contributed by atoms with van der Waals surface area (Å²) in [7, 11) is 0. The molecular formula is C25H38N6O. The number of fused-ring (bicyclic) bond motifs is 1. The minimum Gasteiger partial charge on any atom is -0.356 e. The smallest absolute Gasteiger partial charge is 0.224 e. The highest BCUT2D eigenvalue weighted by molar-refractivity contribution is 5.79. The molecule has 174 valence electrons. The van der Waals surface area contributed by atoms with Crippen molar-refractivity contribution in [2.24, 2.45) is 5.92 Å². The monoisotopic (exact) mass is 438 g/mol. The van der Waals surface area contributed by atoms with Gasteiger partial charge in [0.05, 0.1) is 12.1 Å². The maximum atomic E-state index is 13.2. The minimum atomic E-state index is 0.0469. The van der Waals surface area contributed by atoms with Gasteiger partial charge < -0.3 is 5.32 Å². The van der Waals surface area contributed by atoms with E-state index < -0.39 is 0 Å². The predicted octanol–water partition coefficient (Wildman–Crippen LogP) is 2.99. The molecule has 2 saturated heterocycles. The molecule has 1 N–H and O–H groups in total. The number of pyridine rings is 1. The van der Waals surface area contributed by atoms with Crippen LogP contribution < -0.4 is 5.32 Å². The number of carbonyl (C=O) groups is 1. The second-order valence-electron chi connectivity index (χ2n) is 9.30. The number of hydrogen-bond donors (Lipinski definition) is 1. The van der Waals surface area contributed by atoms with Gasteiger partial charge in [-0.2, -0.15) is 5.10 Å². The number of aryl methyl sites for hydroxylation is 1. The zero-order valence-electron chi connectivity index (χ0n) is 19.7. The lowest BCUT2D eigenvalue weighted by Crippen LogP contribution is -2.56. The second-order valence-corrected chi connectivity index (χ2v) is 9.30. The zero-order valence-corrected chi connectivity index (χ0v) is 19.7. The number of piperidine rings is 1. The number of nitrogens with zero attached hydrogens (tertiary/aromatic N) is 5. The van der Waals surface area contributed by atoms with E-state index in [9.17, 15) is 4.79 Å². The van der Waals surface area contributed by atoms with Crippen molar-refractivity contribution in [3.05, 3.63) is 47.5 Å². The molecule has 2 aromatic heterocycles. The van der Waals surface area contributed by atoms with E-state index in [1.165, 1.54) is 36.1 Å². The first kappa shape index (κ1) is 22.9. The van der Waals surface area contributed by atoms with Crippen LogP contribution in [0.5, 0.6) is 0 Å². The fraction of sp³-hybridized carbons (Fsp3) is 0.640. The Hall–Kier alpha value is -2.25. The van der Waals surface area contributed by atoms with Crippen LogP contribution in [0.1, 0.15) is 55.8 Å². The molecule has 0 aliphatic carbocycles. The second kappa shape index (κ2) is 11.1. The normalized spacial score (nSPS) is 23.9. The largest absolute Gasteiger partial charge is 0.356 e. The topological polar surface area (TPSA) is 66.3 Å². The summed E-state index contributed by atoms with van der Waals surface area (Å²) in [5.74, 6) is 0.289. The first-order valence-corrected chi connectivity index (χ1v) is 12.3. The van der Waals surface area contributed by atoms with E-state index in [4.69, 9.17) is 0 Å². The van der Waals surface area contributed by atoms with Crippen LogP contribution in [0.2, 0.25) is 0 Å². The number of rotatable bonds is 5. The zero-order chi connectivity index (χ0) is 22.3. The molecule has 0 aromatic carbocycles. The van der Waals surface area contributed by atoms with Crippen LogP contribution in [0, 0.1) is 12.8 Å². The number of aromatic nitrogens is 3. The quantitative estimate of drug-likeness (QED) is 0.777. The molecule has 7 nitrogen and oxygen atoms in total. The summed E-state index contributed by atoms with van der Waals surface area (Å²) >= 11 is 0. The summed E-state index contributed by atoms with van der Waals surface area (Å²) in [6, 6.07) is 4.42. The fourth-order valence-corrected chi connectivity index (χ4v) is 5.24. The van der Waals surface area contributed by atoms with Gasteiger partial charge in [-0.25, -0.2) is 0 Å². The summed E-state index contributed by atoms with van der Waals surface area (Å²) in [5.41, 5.74) is 3.82.